The lowest BCUT2D eigenvalue weighted by Gasteiger charge is -2.32. The smallest absolute Gasteiger partial charge is 0.372 e. The Morgan fingerprint density at radius 2 is 1.63 bits per heavy atom. The summed E-state index contributed by atoms with van der Waals surface area (Å²) < 4.78 is 43.4. The van der Waals surface area contributed by atoms with Gasteiger partial charge in [0.05, 0.1) is 12.1 Å². The molecule has 0 aliphatic heterocycles. The van der Waals surface area contributed by atoms with Gasteiger partial charge in [0.2, 0.25) is 5.91 Å². The van der Waals surface area contributed by atoms with E-state index in [1.807, 2.05) is 37.3 Å². The first-order chi connectivity index (χ1) is 12.8. The number of methoxy groups -OCH3 is 1. The fourth-order valence-corrected chi connectivity index (χ4v) is 2.96. The van der Waals surface area contributed by atoms with Crippen molar-refractivity contribution in [3.63, 3.8) is 0 Å². The average Bonchev–Trinajstić information content (AvgIpc) is 2.68. The van der Waals surface area contributed by atoms with Gasteiger partial charge >= 0.3 is 6.18 Å². The Labute approximate surface area is 157 Å². The van der Waals surface area contributed by atoms with Crippen LogP contribution in [0.3, 0.4) is 0 Å². The number of carbonyl (C=O) groups excluding carboxylic acids is 1. The van der Waals surface area contributed by atoms with Crippen LogP contribution in [0.1, 0.15) is 36.5 Å². The minimum Gasteiger partial charge on any atom is -0.372 e. The summed E-state index contributed by atoms with van der Waals surface area (Å²) in [4.78, 5) is 12.2. The van der Waals surface area contributed by atoms with E-state index in [0.717, 1.165) is 17.7 Å². The maximum atomic E-state index is 12.6. The molecule has 0 aliphatic rings. The molecule has 1 N–H and O–H groups in total. The van der Waals surface area contributed by atoms with Crippen LogP contribution < -0.4 is 5.32 Å². The zero-order valence-electron chi connectivity index (χ0n) is 15.5. The Bertz CT molecular complexity index is 723. The van der Waals surface area contributed by atoms with Gasteiger partial charge in [0, 0.05) is 13.5 Å². The van der Waals surface area contributed by atoms with Crippen LogP contribution in [0.25, 0.3) is 0 Å². The molecule has 3 nitrogen and oxygen atoms in total. The molecule has 0 heterocycles. The third kappa shape index (κ3) is 5.57. The molecule has 6 heteroatoms. The second-order valence-electron chi connectivity index (χ2n) is 6.39. The molecular formula is C21H24F3NO2. The highest BCUT2D eigenvalue weighted by Gasteiger charge is 2.31. The molecule has 2 aromatic rings. The molecule has 146 valence electrons. The summed E-state index contributed by atoms with van der Waals surface area (Å²) in [5.41, 5.74) is 0.379. The molecule has 0 unspecified atom stereocenters. The molecule has 2 aromatic carbocycles. The van der Waals surface area contributed by atoms with Crippen LogP contribution in [0.5, 0.6) is 0 Å². The van der Waals surface area contributed by atoms with Crippen molar-refractivity contribution in [3.05, 3.63) is 71.3 Å². The summed E-state index contributed by atoms with van der Waals surface area (Å²) in [5.74, 6) is -0.166. The Kier molecular flexibility index (Phi) is 7.02. The molecule has 27 heavy (non-hydrogen) atoms. The first-order valence-electron chi connectivity index (χ1n) is 8.84. The summed E-state index contributed by atoms with van der Waals surface area (Å²) in [7, 11) is 1.62. The van der Waals surface area contributed by atoms with Gasteiger partial charge in [-0.1, -0.05) is 49.4 Å². The van der Waals surface area contributed by atoms with E-state index in [-0.39, 0.29) is 12.3 Å². The molecule has 0 saturated heterocycles. The molecule has 0 saturated carbocycles. The zero-order valence-corrected chi connectivity index (χ0v) is 15.5. The Balaban J connectivity index is 1.91. The SMILES string of the molecule is CC[C@@](CNC(=O)CCc1ccc(C(F)(F)F)cc1)(OC)c1ccccc1. The van der Waals surface area contributed by atoms with E-state index in [4.69, 9.17) is 4.74 Å². The number of benzene rings is 2. The van der Waals surface area contributed by atoms with Crippen LogP contribution in [0.15, 0.2) is 54.6 Å². The molecule has 0 aromatic heterocycles. The monoisotopic (exact) mass is 379 g/mol. The molecule has 1 amide bonds. The Hall–Kier alpha value is -2.34. The van der Waals surface area contributed by atoms with E-state index < -0.39 is 17.3 Å². The number of halogens is 3. The highest BCUT2D eigenvalue weighted by Crippen LogP contribution is 2.29. The third-order valence-corrected chi connectivity index (χ3v) is 4.75. The first-order valence-corrected chi connectivity index (χ1v) is 8.84. The van der Waals surface area contributed by atoms with E-state index in [0.29, 0.717) is 24.9 Å². The Morgan fingerprint density at radius 1 is 1.00 bits per heavy atom. The van der Waals surface area contributed by atoms with Crippen LogP contribution in [-0.2, 0) is 27.7 Å². The number of carbonyl (C=O) groups is 1. The third-order valence-electron chi connectivity index (χ3n) is 4.75. The topological polar surface area (TPSA) is 38.3 Å². The maximum Gasteiger partial charge on any atom is 0.416 e. The molecule has 0 bridgehead atoms. The predicted octanol–water partition coefficient (Wildman–Crippen LogP) is 4.71. The van der Waals surface area contributed by atoms with E-state index in [2.05, 4.69) is 5.32 Å². The van der Waals surface area contributed by atoms with E-state index in [9.17, 15) is 18.0 Å². The summed E-state index contributed by atoms with van der Waals surface area (Å²) in [6.07, 6.45) is -3.09. The van der Waals surface area contributed by atoms with Crippen molar-refractivity contribution in [1.29, 1.82) is 0 Å². The van der Waals surface area contributed by atoms with Gasteiger partial charge in [-0.05, 0) is 36.1 Å². The minimum absolute atomic E-state index is 0.166. The lowest BCUT2D eigenvalue weighted by molar-refractivity contribution is -0.137. The van der Waals surface area contributed by atoms with Crippen molar-refractivity contribution in [2.75, 3.05) is 13.7 Å². The number of rotatable bonds is 8. The summed E-state index contributed by atoms with van der Waals surface area (Å²) in [6, 6.07) is 14.6. The Morgan fingerprint density at radius 3 is 2.15 bits per heavy atom. The summed E-state index contributed by atoms with van der Waals surface area (Å²) >= 11 is 0. The van der Waals surface area contributed by atoms with Crippen LogP contribution in [0.2, 0.25) is 0 Å². The van der Waals surface area contributed by atoms with Crippen LogP contribution >= 0.6 is 0 Å². The maximum absolute atomic E-state index is 12.6. The molecule has 0 aliphatic carbocycles. The normalized spacial score (nSPS) is 13.8. The number of alkyl halides is 3. The lowest BCUT2D eigenvalue weighted by atomic mass is 9.90. The zero-order chi connectivity index (χ0) is 19.9. The number of hydrogen-bond donors (Lipinski definition) is 1. The number of amides is 1. The van der Waals surface area contributed by atoms with Gasteiger partial charge in [0.1, 0.15) is 5.60 Å². The number of nitrogens with one attached hydrogen (secondary N) is 1. The molecule has 0 spiro atoms. The first kappa shape index (κ1) is 21.0. The van der Waals surface area contributed by atoms with Gasteiger partial charge in [0.25, 0.3) is 0 Å². The lowest BCUT2D eigenvalue weighted by Crippen LogP contribution is -2.42. The van der Waals surface area contributed by atoms with Crippen LogP contribution in [-0.4, -0.2) is 19.6 Å². The van der Waals surface area contributed by atoms with Crippen molar-refractivity contribution in [1.82, 2.24) is 5.32 Å². The minimum atomic E-state index is -4.35. The van der Waals surface area contributed by atoms with Crippen molar-refractivity contribution in [3.8, 4) is 0 Å². The number of ether oxygens (including phenoxy) is 1. The fourth-order valence-electron chi connectivity index (χ4n) is 2.96. The van der Waals surface area contributed by atoms with E-state index in [1.165, 1.54) is 12.1 Å². The summed E-state index contributed by atoms with van der Waals surface area (Å²) in [6.45, 7) is 2.32. The fraction of sp³-hybridized carbons (Fsp3) is 0.381. The molecule has 0 radical (unpaired) electrons. The number of hydrogen-bond acceptors (Lipinski definition) is 2. The predicted molar refractivity (Wildman–Crippen MR) is 98.2 cm³/mol. The summed E-state index contributed by atoms with van der Waals surface area (Å²) in [5, 5.41) is 2.89. The number of aryl methyl sites for hydroxylation is 1. The van der Waals surface area contributed by atoms with Gasteiger partial charge < -0.3 is 10.1 Å². The largest absolute Gasteiger partial charge is 0.416 e. The van der Waals surface area contributed by atoms with Gasteiger partial charge in [-0.2, -0.15) is 13.2 Å². The van der Waals surface area contributed by atoms with Crippen molar-refractivity contribution in [2.45, 2.75) is 38.0 Å². The van der Waals surface area contributed by atoms with Gasteiger partial charge in [0.15, 0.2) is 0 Å². The standard InChI is InChI=1S/C21H24F3NO2/c1-3-20(27-2,17-7-5-4-6-8-17)15-25-19(26)14-11-16-9-12-18(13-10-16)21(22,23)24/h4-10,12-13H,3,11,14-15H2,1-2H3,(H,25,26)/t20-/m0/s1. The second kappa shape index (κ2) is 9.04. The van der Waals surface area contributed by atoms with Gasteiger partial charge in [-0.25, -0.2) is 0 Å². The highest BCUT2D eigenvalue weighted by atomic mass is 19.4. The van der Waals surface area contributed by atoms with Gasteiger partial charge in [-0.3, -0.25) is 4.79 Å². The quantitative estimate of drug-likeness (QED) is 0.722. The molecule has 1 atom stereocenters. The van der Waals surface area contributed by atoms with Crippen LogP contribution in [0, 0.1) is 0 Å². The van der Waals surface area contributed by atoms with Crippen molar-refractivity contribution < 1.29 is 22.7 Å². The van der Waals surface area contributed by atoms with E-state index in [1.54, 1.807) is 7.11 Å². The van der Waals surface area contributed by atoms with Crippen molar-refractivity contribution in [2.24, 2.45) is 0 Å². The second-order valence-corrected chi connectivity index (χ2v) is 6.39. The highest BCUT2D eigenvalue weighted by molar-refractivity contribution is 5.76. The molecule has 0 fully saturated rings. The molecule has 2 rings (SSSR count). The average molecular weight is 379 g/mol. The van der Waals surface area contributed by atoms with Crippen LogP contribution in [0.4, 0.5) is 13.2 Å². The van der Waals surface area contributed by atoms with E-state index >= 15 is 0 Å². The van der Waals surface area contributed by atoms with Crippen molar-refractivity contribution >= 4 is 5.91 Å². The molecular weight excluding hydrogens is 355 g/mol. The van der Waals surface area contributed by atoms with Gasteiger partial charge in [-0.15, -0.1) is 0 Å².